The first-order valence-electron chi connectivity index (χ1n) is 2.93. The molecule has 0 atom stereocenters. The number of carbonyl (C=O) groups is 1. The van der Waals surface area contributed by atoms with Crippen molar-refractivity contribution >= 4 is 17.7 Å². The molecule has 0 aliphatic rings. The van der Waals surface area contributed by atoms with E-state index in [1.807, 2.05) is 6.92 Å². The van der Waals surface area contributed by atoms with Crippen LogP contribution >= 0.6 is 12.6 Å². The SMILES string of the molecule is CCCC#CCC(=O)[S]. The third-order valence-electron chi connectivity index (χ3n) is 0.733. The zero-order valence-corrected chi connectivity index (χ0v) is 6.25. The summed E-state index contributed by atoms with van der Waals surface area (Å²) in [7, 11) is 0. The fourth-order valence-corrected chi connectivity index (χ4v) is 0.420. The van der Waals surface area contributed by atoms with E-state index in [0.29, 0.717) is 0 Å². The van der Waals surface area contributed by atoms with E-state index in [1.165, 1.54) is 0 Å². The Balaban J connectivity index is 3.26. The molecule has 2 heteroatoms. The van der Waals surface area contributed by atoms with Crippen molar-refractivity contribution in [3.05, 3.63) is 0 Å². The van der Waals surface area contributed by atoms with Gasteiger partial charge in [0, 0.05) is 6.42 Å². The zero-order chi connectivity index (χ0) is 7.11. The van der Waals surface area contributed by atoms with E-state index >= 15 is 0 Å². The van der Waals surface area contributed by atoms with Crippen LogP contribution in [0.4, 0.5) is 0 Å². The average molecular weight is 141 g/mol. The maximum atomic E-state index is 10.1. The first-order valence-corrected chi connectivity index (χ1v) is 3.33. The van der Waals surface area contributed by atoms with Crippen LogP contribution in [-0.2, 0) is 4.79 Å². The maximum Gasteiger partial charge on any atom is 0.230 e. The molecule has 9 heavy (non-hydrogen) atoms. The molecule has 0 saturated heterocycles. The van der Waals surface area contributed by atoms with Crippen molar-refractivity contribution in [2.75, 3.05) is 0 Å². The largest absolute Gasteiger partial charge is 0.281 e. The topological polar surface area (TPSA) is 17.1 Å². The quantitative estimate of drug-likeness (QED) is 0.537. The highest BCUT2D eigenvalue weighted by Gasteiger charge is 1.86. The summed E-state index contributed by atoms with van der Waals surface area (Å²) in [5, 5.41) is -0.265. The molecule has 0 bridgehead atoms. The van der Waals surface area contributed by atoms with E-state index in [2.05, 4.69) is 24.5 Å². The van der Waals surface area contributed by atoms with Gasteiger partial charge in [-0.05, 0) is 19.0 Å². The Hall–Kier alpha value is -0.550. The number of carbonyl (C=O) groups excluding carboxylic acids is 1. The van der Waals surface area contributed by atoms with E-state index in [9.17, 15) is 4.79 Å². The number of rotatable bonds is 2. The summed E-state index contributed by atoms with van der Waals surface area (Å²) >= 11 is 4.29. The summed E-state index contributed by atoms with van der Waals surface area (Å²) in [5.74, 6) is 5.51. The normalized spacial score (nSPS) is 7.67. The van der Waals surface area contributed by atoms with Crippen LogP contribution < -0.4 is 0 Å². The van der Waals surface area contributed by atoms with Gasteiger partial charge in [-0.1, -0.05) is 12.8 Å². The fraction of sp³-hybridized carbons (Fsp3) is 0.571. The lowest BCUT2D eigenvalue weighted by Crippen LogP contribution is -1.79. The molecular formula is C7H9OS. The molecule has 0 aliphatic carbocycles. The van der Waals surface area contributed by atoms with Gasteiger partial charge in [-0.2, -0.15) is 0 Å². The summed E-state index contributed by atoms with van der Waals surface area (Å²) in [6.45, 7) is 2.05. The fourth-order valence-electron chi connectivity index (χ4n) is 0.348. The van der Waals surface area contributed by atoms with Gasteiger partial charge in [0.2, 0.25) is 5.12 Å². The molecule has 49 valence electrons. The molecule has 1 nitrogen and oxygen atoms in total. The van der Waals surface area contributed by atoms with Gasteiger partial charge in [0.25, 0.3) is 0 Å². The third-order valence-corrected chi connectivity index (χ3v) is 0.877. The van der Waals surface area contributed by atoms with Crippen LogP contribution in [0.3, 0.4) is 0 Å². The van der Waals surface area contributed by atoms with Gasteiger partial charge >= 0.3 is 0 Å². The summed E-state index contributed by atoms with van der Waals surface area (Å²) in [6.07, 6.45) is 2.14. The van der Waals surface area contributed by atoms with Gasteiger partial charge in [-0.3, -0.25) is 4.79 Å². The minimum absolute atomic E-state index is 0.231. The maximum absolute atomic E-state index is 10.1. The Bertz CT molecular complexity index is 141. The van der Waals surface area contributed by atoms with Crippen LogP contribution in [-0.4, -0.2) is 5.12 Å². The smallest absolute Gasteiger partial charge is 0.230 e. The Kier molecular flexibility index (Phi) is 5.24. The number of unbranched alkanes of at least 4 members (excludes halogenated alkanes) is 1. The third kappa shape index (κ3) is 7.45. The summed E-state index contributed by atoms with van der Waals surface area (Å²) in [6, 6.07) is 0. The summed E-state index contributed by atoms with van der Waals surface area (Å²) in [5.41, 5.74) is 0. The second-order valence-electron chi connectivity index (χ2n) is 1.65. The second kappa shape index (κ2) is 5.58. The molecule has 1 radical (unpaired) electrons. The Morgan fingerprint density at radius 3 is 2.67 bits per heavy atom. The van der Waals surface area contributed by atoms with E-state index in [1.54, 1.807) is 0 Å². The van der Waals surface area contributed by atoms with Crippen LogP contribution in [0, 0.1) is 11.8 Å². The number of hydrogen-bond acceptors (Lipinski definition) is 1. The van der Waals surface area contributed by atoms with Crippen molar-refractivity contribution in [3.63, 3.8) is 0 Å². The molecule has 0 aliphatic heterocycles. The van der Waals surface area contributed by atoms with Gasteiger partial charge < -0.3 is 0 Å². The molecule has 0 aromatic carbocycles. The van der Waals surface area contributed by atoms with Gasteiger partial charge in [-0.25, -0.2) is 0 Å². The first kappa shape index (κ1) is 8.45. The standard InChI is InChI=1S/C7H9OS/c1-2-3-4-5-6-7(8)9/h2-3,6H2,1H3. The lowest BCUT2D eigenvalue weighted by molar-refractivity contribution is -0.109. The highest BCUT2D eigenvalue weighted by Crippen LogP contribution is 1.86. The van der Waals surface area contributed by atoms with Gasteiger partial charge in [0.15, 0.2) is 0 Å². The van der Waals surface area contributed by atoms with Crippen molar-refractivity contribution in [1.29, 1.82) is 0 Å². The minimum atomic E-state index is -0.265. The molecule has 0 heterocycles. The second-order valence-corrected chi connectivity index (χ2v) is 2.11. The molecule has 0 rings (SSSR count). The predicted molar refractivity (Wildman–Crippen MR) is 39.9 cm³/mol. The Morgan fingerprint density at radius 1 is 1.56 bits per heavy atom. The molecule has 0 amide bonds. The average Bonchev–Trinajstić information content (AvgIpc) is 1.80. The molecule has 0 N–H and O–H groups in total. The molecule has 0 aromatic heterocycles. The van der Waals surface area contributed by atoms with E-state index in [0.717, 1.165) is 12.8 Å². The van der Waals surface area contributed by atoms with Crippen LogP contribution in [0.15, 0.2) is 0 Å². The highest BCUT2D eigenvalue weighted by molar-refractivity contribution is 7.96. The van der Waals surface area contributed by atoms with E-state index in [4.69, 9.17) is 0 Å². The lowest BCUT2D eigenvalue weighted by Gasteiger charge is -1.77. The lowest BCUT2D eigenvalue weighted by atomic mass is 10.3. The summed E-state index contributed by atoms with van der Waals surface area (Å²) in [4.78, 5) is 10.1. The zero-order valence-electron chi connectivity index (χ0n) is 5.44. The van der Waals surface area contributed by atoms with E-state index < -0.39 is 0 Å². The van der Waals surface area contributed by atoms with Crippen molar-refractivity contribution in [1.82, 2.24) is 0 Å². The van der Waals surface area contributed by atoms with Crippen molar-refractivity contribution < 1.29 is 4.79 Å². The van der Waals surface area contributed by atoms with Crippen LogP contribution in [0.5, 0.6) is 0 Å². The van der Waals surface area contributed by atoms with Crippen LogP contribution in [0.25, 0.3) is 0 Å². The number of hydrogen-bond donors (Lipinski definition) is 0. The predicted octanol–water partition coefficient (Wildman–Crippen LogP) is 1.90. The van der Waals surface area contributed by atoms with Crippen molar-refractivity contribution in [3.8, 4) is 11.8 Å². The van der Waals surface area contributed by atoms with Gasteiger partial charge in [0.1, 0.15) is 0 Å². The molecule has 0 unspecified atom stereocenters. The van der Waals surface area contributed by atoms with Crippen LogP contribution in [0.2, 0.25) is 0 Å². The van der Waals surface area contributed by atoms with Crippen molar-refractivity contribution in [2.45, 2.75) is 26.2 Å². The Morgan fingerprint density at radius 2 is 2.22 bits per heavy atom. The Labute approximate surface area is 61.2 Å². The minimum Gasteiger partial charge on any atom is -0.281 e. The molecule has 0 spiro atoms. The molecule has 0 saturated carbocycles. The van der Waals surface area contributed by atoms with Crippen LogP contribution in [0.1, 0.15) is 26.2 Å². The highest BCUT2D eigenvalue weighted by atomic mass is 32.1. The van der Waals surface area contributed by atoms with Crippen molar-refractivity contribution in [2.24, 2.45) is 0 Å². The monoisotopic (exact) mass is 141 g/mol. The summed E-state index contributed by atoms with van der Waals surface area (Å²) < 4.78 is 0. The van der Waals surface area contributed by atoms with Gasteiger partial charge in [-0.15, -0.1) is 5.92 Å². The van der Waals surface area contributed by atoms with Gasteiger partial charge in [0.05, 0.1) is 6.42 Å². The molecular weight excluding hydrogens is 132 g/mol. The molecule has 0 fully saturated rings. The molecule has 0 aromatic rings. The first-order chi connectivity index (χ1) is 4.27. The van der Waals surface area contributed by atoms with E-state index in [-0.39, 0.29) is 11.5 Å².